The van der Waals surface area contributed by atoms with Crippen molar-refractivity contribution in [1.82, 2.24) is 5.32 Å². The second kappa shape index (κ2) is 14.6. The van der Waals surface area contributed by atoms with E-state index in [2.05, 4.69) is 5.32 Å². The van der Waals surface area contributed by atoms with Gasteiger partial charge < -0.3 is 29.4 Å². The van der Waals surface area contributed by atoms with E-state index in [1.165, 1.54) is 18.2 Å². The van der Waals surface area contributed by atoms with Gasteiger partial charge in [0, 0.05) is 5.92 Å². The fourth-order valence-electron chi connectivity index (χ4n) is 3.89. The Morgan fingerprint density at radius 3 is 1.80 bits per heavy atom. The van der Waals surface area contributed by atoms with E-state index in [0.29, 0.717) is 11.1 Å². The van der Waals surface area contributed by atoms with Gasteiger partial charge in [-0.1, -0.05) is 24.3 Å². The van der Waals surface area contributed by atoms with Gasteiger partial charge in [-0.3, -0.25) is 9.59 Å². The minimum absolute atomic E-state index is 0.0504. The molecule has 0 aliphatic heterocycles. The molecule has 0 saturated heterocycles. The zero-order chi connectivity index (χ0) is 34.3. The van der Waals surface area contributed by atoms with Gasteiger partial charge in [-0.25, -0.2) is 14.4 Å². The largest absolute Gasteiger partial charge is 0.480 e. The predicted octanol–water partition coefficient (Wildman–Crippen LogP) is 6.29. The third kappa shape index (κ3) is 11.6. The minimum atomic E-state index is -1.56. The van der Waals surface area contributed by atoms with Crippen molar-refractivity contribution in [3.63, 3.8) is 0 Å². The molecule has 2 N–H and O–H groups in total. The van der Waals surface area contributed by atoms with Crippen LogP contribution in [0.25, 0.3) is 0 Å². The number of carbonyl (C=O) groups is 5. The maximum atomic E-state index is 12.9. The Morgan fingerprint density at radius 1 is 0.778 bits per heavy atom. The van der Waals surface area contributed by atoms with Gasteiger partial charge in [-0.15, -0.1) is 0 Å². The van der Waals surface area contributed by atoms with E-state index in [0.717, 1.165) is 0 Å². The molecular weight excluding hydrogens is 582 g/mol. The molecule has 246 valence electrons. The number of hydrogen-bond acceptors (Lipinski definition) is 9. The van der Waals surface area contributed by atoms with E-state index < -0.39 is 64.5 Å². The first-order valence-corrected chi connectivity index (χ1v) is 14.7. The number of rotatable bonds is 10. The third-order valence-corrected chi connectivity index (χ3v) is 6.27. The lowest BCUT2D eigenvalue weighted by atomic mass is 9.86. The van der Waals surface area contributed by atoms with Crippen LogP contribution in [-0.4, -0.2) is 52.8 Å². The summed E-state index contributed by atoms with van der Waals surface area (Å²) >= 11 is 0. The van der Waals surface area contributed by atoms with Crippen LogP contribution in [0.15, 0.2) is 48.5 Å². The van der Waals surface area contributed by atoms with E-state index in [1.807, 2.05) is 0 Å². The molecule has 1 amide bonds. The number of alkyl carbamates (subject to hydrolysis) is 1. The van der Waals surface area contributed by atoms with Gasteiger partial charge in [0.2, 0.25) is 0 Å². The Balaban J connectivity index is 2.61. The summed E-state index contributed by atoms with van der Waals surface area (Å²) in [4.78, 5) is 63.8. The smallest absolute Gasteiger partial charge is 0.408 e. The zero-order valence-electron chi connectivity index (χ0n) is 27.7. The lowest BCUT2D eigenvalue weighted by molar-refractivity contribution is -0.145. The van der Waals surface area contributed by atoms with Gasteiger partial charge in [0.15, 0.2) is 11.5 Å². The normalized spacial score (nSPS) is 13.9. The molecule has 0 fully saturated rings. The summed E-state index contributed by atoms with van der Waals surface area (Å²) in [5.41, 5.74) is -2.11. The number of amides is 1. The molecule has 45 heavy (non-hydrogen) atoms. The summed E-state index contributed by atoms with van der Waals surface area (Å²) in [6, 6.07) is 11.0. The number of carboxylic acids is 1. The highest BCUT2D eigenvalue weighted by Crippen LogP contribution is 2.37. The predicted molar refractivity (Wildman–Crippen MR) is 166 cm³/mol. The quantitative estimate of drug-likeness (QED) is 0.227. The van der Waals surface area contributed by atoms with Crippen molar-refractivity contribution < 1.29 is 48.0 Å². The Kier molecular flexibility index (Phi) is 11.9. The first-order chi connectivity index (χ1) is 20.6. The first kappa shape index (κ1) is 36.8. The number of aliphatic carboxylic acids is 1. The lowest BCUT2D eigenvalue weighted by Gasteiger charge is -2.29. The number of esters is 3. The maximum absolute atomic E-state index is 12.9. The summed E-state index contributed by atoms with van der Waals surface area (Å²) in [6.07, 6.45) is -1.87. The van der Waals surface area contributed by atoms with Crippen LogP contribution >= 0.6 is 0 Å². The molecule has 0 saturated carbocycles. The Bertz CT molecular complexity index is 1380. The van der Waals surface area contributed by atoms with Crippen LogP contribution in [0.1, 0.15) is 97.5 Å². The molecule has 0 heterocycles. The van der Waals surface area contributed by atoms with E-state index in [9.17, 15) is 29.1 Å². The van der Waals surface area contributed by atoms with Crippen molar-refractivity contribution in [3.05, 3.63) is 59.7 Å². The van der Waals surface area contributed by atoms with Gasteiger partial charge in [0.1, 0.15) is 17.7 Å². The van der Waals surface area contributed by atoms with Crippen molar-refractivity contribution in [3.8, 4) is 11.5 Å². The van der Waals surface area contributed by atoms with E-state index in [4.69, 9.17) is 18.9 Å². The lowest BCUT2D eigenvalue weighted by Crippen LogP contribution is -2.47. The van der Waals surface area contributed by atoms with Crippen molar-refractivity contribution in [2.45, 2.75) is 99.3 Å². The molecule has 11 nitrogen and oxygen atoms in total. The van der Waals surface area contributed by atoms with Crippen LogP contribution in [0.5, 0.6) is 11.5 Å². The number of nitrogens with one attached hydrogen (secondary N) is 1. The van der Waals surface area contributed by atoms with Crippen LogP contribution < -0.4 is 14.8 Å². The van der Waals surface area contributed by atoms with Gasteiger partial charge in [0.25, 0.3) is 0 Å². The van der Waals surface area contributed by atoms with E-state index in [1.54, 1.807) is 99.6 Å². The molecule has 0 spiro atoms. The molecule has 0 radical (unpaired) electrons. The van der Waals surface area contributed by atoms with Crippen LogP contribution in [0.2, 0.25) is 0 Å². The molecule has 0 aliphatic rings. The van der Waals surface area contributed by atoms with Crippen LogP contribution in [0, 0.1) is 10.8 Å². The second-order valence-corrected chi connectivity index (χ2v) is 13.9. The molecule has 3 atom stereocenters. The minimum Gasteiger partial charge on any atom is -0.480 e. The SMILES string of the molecule is CC(CC(c1ccc(OC(=O)C(C)(C)C)c(OC(=O)C(C)(C)C)c1)[C@H](NC(=O)OC(C)(C)C)C(=O)O)OC(=O)c1ccccc1. The molecule has 2 rings (SSSR count). The maximum Gasteiger partial charge on any atom is 0.408 e. The number of carbonyl (C=O) groups excluding carboxylic acids is 4. The average Bonchev–Trinajstić information content (AvgIpc) is 2.89. The van der Waals surface area contributed by atoms with Gasteiger partial charge in [-0.05, 0) is 105 Å². The molecule has 2 unspecified atom stereocenters. The van der Waals surface area contributed by atoms with Crippen molar-refractivity contribution in [2.75, 3.05) is 0 Å². The summed E-state index contributed by atoms with van der Waals surface area (Å²) in [6.45, 7) is 16.5. The zero-order valence-corrected chi connectivity index (χ0v) is 27.7. The number of benzene rings is 2. The Labute approximate surface area is 264 Å². The Hall–Kier alpha value is -4.41. The molecule has 0 aromatic heterocycles. The van der Waals surface area contributed by atoms with Gasteiger partial charge >= 0.3 is 30.0 Å². The molecular formula is C34H45NO10. The first-order valence-electron chi connectivity index (χ1n) is 14.7. The summed E-state index contributed by atoms with van der Waals surface area (Å²) in [5, 5.41) is 12.7. The topological polar surface area (TPSA) is 155 Å². The molecule has 0 aliphatic carbocycles. The summed E-state index contributed by atoms with van der Waals surface area (Å²) in [7, 11) is 0. The van der Waals surface area contributed by atoms with Crippen LogP contribution in [0.3, 0.4) is 0 Å². The summed E-state index contributed by atoms with van der Waals surface area (Å²) < 4.78 is 22.2. The van der Waals surface area contributed by atoms with E-state index >= 15 is 0 Å². The molecule has 2 aromatic rings. The number of hydrogen-bond donors (Lipinski definition) is 2. The highest BCUT2D eigenvalue weighted by molar-refractivity contribution is 5.89. The van der Waals surface area contributed by atoms with Gasteiger partial charge in [-0.2, -0.15) is 0 Å². The number of ether oxygens (including phenoxy) is 4. The second-order valence-electron chi connectivity index (χ2n) is 13.9. The third-order valence-electron chi connectivity index (χ3n) is 6.27. The molecule has 0 bridgehead atoms. The van der Waals surface area contributed by atoms with Crippen molar-refractivity contribution >= 4 is 30.0 Å². The molecule has 2 aromatic carbocycles. The van der Waals surface area contributed by atoms with Crippen molar-refractivity contribution in [1.29, 1.82) is 0 Å². The highest BCUT2D eigenvalue weighted by atomic mass is 16.6. The average molecular weight is 628 g/mol. The summed E-state index contributed by atoms with van der Waals surface area (Å²) in [5.74, 6) is -4.42. The standard InChI is InChI=1S/C34H45NO10/c1-20(42-28(38)21-14-12-11-13-15-21)18-23(26(27(36)37)35-31(41)45-34(8,9)10)22-16-17-24(43-29(39)32(2,3)4)25(19-22)44-30(40)33(5,6)7/h11-17,19-20,23,26H,18H2,1-10H3,(H,35,41)(H,36,37)/t20?,23?,26-/m0/s1. The van der Waals surface area contributed by atoms with E-state index in [-0.39, 0.29) is 17.9 Å². The molecule has 11 heteroatoms. The fraction of sp³-hybridized carbons (Fsp3) is 0.500. The van der Waals surface area contributed by atoms with Crippen LogP contribution in [0.4, 0.5) is 4.79 Å². The van der Waals surface area contributed by atoms with Gasteiger partial charge in [0.05, 0.1) is 16.4 Å². The van der Waals surface area contributed by atoms with Crippen LogP contribution in [-0.2, 0) is 23.9 Å². The highest BCUT2D eigenvalue weighted by Gasteiger charge is 2.36. The van der Waals surface area contributed by atoms with Crippen molar-refractivity contribution in [2.24, 2.45) is 10.8 Å². The number of carboxylic acid groups (broad SMARTS) is 1. The monoisotopic (exact) mass is 627 g/mol. The fourth-order valence-corrected chi connectivity index (χ4v) is 3.89. The Morgan fingerprint density at radius 2 is 1.31 bits per heavy atom.